The largest absolute Gasteiger partial charge is 0.375 e. The predicted octanol–water partition coefficient (Wildman–Crippen LogP) is 1.63. The highest BCUT2D eigenvalue weighted by atomic mass is 16.5. The average molecular weight is 331 g/mol. The van der Waals surface area contributed by atoms with Crippen molar-refractivity contribution in [2.24, 2.45) is 0 Å². The normalized spacial score (nSPS) is 24.5. The number of likely N-dealkylation sites (tertiary alicyclic amines) is 1. The van der Waals surface area contributed by atoms with Crippen LogP contribution >= 0.6 is 0 Å². The van der Waals surface area contributed by atoms with Gasteiger partial charge in [0.1, 0.15) is 6.04 Å². The van der Waals surface area contributed by atoms with E-state index in [2.05, 4.69) is 10.6 Å². The Morgan fingerprint density at radius 3 is 2.79 bits per heavy atom. The summed E-state index contributed by atoms with van der Waals surface area (Å²) in [6.45, 7) is 4.79. The maximum absolute atomic E-state index is 12.6. The number of carbonyl (C=O) groups is 2. The molecular formula is C18H25N3O3. The Hall–Kier alpha value is -1.92. The Bertz CT molecular complexity index is 599. The number of piperidine rings is 1. The number of carbonyl (C=O) groups excluding carboxylic acids is 2. The van der Waals surface area contributed by atoms with E-state index in [1.165, 1.54) is 6.42 Å². The minimum absolute atomic E-state index is 0.0401. The lowest BCUT2D eigenvalue weighted by molar-refractivity contribution is -0.123. The van der Waals surface area contributed by atoms with Crippen molar-refractivity contribution in [2.75, 3.05) is 31.6 Å². The molecule has 0 spiro atoms. The second-order valence-electron chi connectivity index (χ2n) is 6.43. The van der Waals surface area contributed by atoms with Gasteiger partial charge in [-0.05, 0) is 44.4 Å². The van der Waals surface area contributed by atoms with Crippen LogP contribution in [0, 0.1) is 0 Å². The first kappa shape index (κ1) is 16.9. The van der Waals surface area contributed by atoms with E-state index >= 15 is 0 Å². The SMILES string of the molecule is C[C@H]1OCCN[C@@H]1C(=O)Nc1cccc(C(=O)N2CCCCC2)c1. The molecule has 0 saturated carbocycles. The van der Waals surface area contributed by atoms with Crippen LogP contribution < -0.4 is 10.6 Å². The van der Waals surface area contributed by atoms with E-state index < -0.39 is 0 Å². The van der Waals surface area contributed by atoms with Crippen LogP contribution in [0.25, 0.3) is 0 Å². The van der Waals surface area contributed by atoms with Gasteiger partial charge in [-0.15, -0.1) is 0 Å². The summed E-state index contributed by atoms with van der Waals surface area (Å²) >= 11 is 0. The zero-order chi connectivity index (χ0) is 16.9. The Morgan fingerprint density at radius 2 is 2.04 bits per heavy atom. The first-order valence-electron chi connectivity index (χ1n) is 8.70. The number of hydrogen-bond donors (Lipinski definition) is 2. The number of ether oxygens (including phenoxy) is 1. The number of morpholine rings is 1. The van der Waals surface area contributed by atoms with E-state index in [9.17, 15) is 9.59 Å². The van der Waals surface area contributed by atoms with Gasteiger partial charge >= 0.3 is 0 Å². The molecule has 2 saturated heterocycles. The minimum atomic E-state index is -0.375. The van der Waals surface area contributed by atoms with Gasteiger partial charge in [-0.1, -0.05) is 6.07 Å². The minimum Gasteiger partial charge on any atom is -0.375 e. The van der Waals surface area contributed by atoms with Crippen molar-refractivity contribution >= 4 is 17.5 Å². The number of benzene rings is 1. The molecule has 2 heterocycles. The maximum atomic E-state index is 12.6. The third-order valence-corrected chi connectivity index (χ3v) is 4.62. The molecule has 2 fully saturated rings. The van der Waals surface area contributed by atoms with Gasteiger partial charge in [0.05, 0.1) is 12.7 Å². The standard InChI is InChI=1S/C18H25N3O3/c1-13-16(19-8-11-24-13)17(22)20-15-7-5-6-14(12-15)18(23)21-9-3-2-4-10-21/h5-7,12-13,16,19H,2-4,8-11H2,1H3,(H,20,22)/t13-,16+/m1/s1. The molecular weight excluding hydrogens is 306 g/mol. The highest BCUT2D eigenvalue weighted by Gasteiger charge is 2.28. The van der Waals surface area contributed by atoms with Crippen molar-refractivity contribution in [3.05, 3.63) is 29.8 Å². The monoisotopic (exact) mass is 331 g/mol. The molecule has 0 unspecified atom stereocenters. The smallest absolute Gasteiger partial charge is 0.253 e. The summed E-state index contributed by atoms with van der Waals surface area (Å²) < 4.78 is 5.51. The molecule has 2 aliphatic rings. The van der Waals surface area contributed by atoms with Crippen LogP contribution in [0.4, 0.5) is 5.69 Å². The van der Waals surface area contributed by atoms with Crippen LogP contribution in [-0.2, 0) is 9.53 Å². The van der Waals surface area contributed by atoms with Crippen molar-refractivity contribution in [1.82, 2.24) is 10.2 Å². The van der Waals surface area contributed by atoms with Gasteiger partial charge in [-0.25, -0.2) is 0 Å². The highest BCUT2D eigenvalue weighted by molar-refractivity contribution is 5.98. The second kappa shape index (κ2) is 7.77. The molecule has 0 bridgehead atoms. The van der Waals surface area contributed by atoms with Gasteiger partial charge in [0.25, 0.3) is 5.91 Å². The zero-order valence-corrected chi connectivity index (χ0v) is 14.1. The third-order valence-electron chi connectivity index (χ3n) is 4.62. The van der Waals surface area contributed by atoms with Gasteiger partial charge < -0.3 is 20.3 Å². The molecule has 0 aliphatic carbocycles. The van der Waals surface area contributed by atoms with E-state index in [0.29, 0.717) is 24.4 Å². The van der Waals surface area contributed by atoms with E-state index in [-0.39, 0.29) is 24.0 Å². The number of hydrogen-bond acceptors (Lipinski definition) is 4. The third kappa shape index (κ3) is 3.94. The van der Waals surface area contributed by atoms with Crippen LogP contribution in [0.5, 0.6) is 0 Å². The lowest BCUT2D eigenvalue weighted by Gasteiger charge is -2.29. The van der Waals surface area contributed by atoms with Crippen molar-refractivity contribution in [3.63, 3.8) is 0 Å². The maximum Gasteiger partial charge on any atom is 0.253 e. The van der Waals surface area contributed by atoms with Crippen LogP contribution in [0.15, 0.2) is 24.3 Å². The highest BCUT2D eigenvalue weighted by Crippen LogP contribution is 2.17. The summed E-state index contributed by atoms with van der Waals surface area (Å²) in [6, 6.07) is 6.79. The first-order valence-corrected chi connectivity index (χ1v) is 8.70. The van der Waals surface area contributed by atoms with Crippen LogP contribution in [0.3, 0.4) is 0 Å². The number of nitrogens with one attached hydrogen (secondary N) is 2. The van der Waals surface area contributed by atoms with Crippen molar-refractivity contribution in [2.45, 2.75) is 38.3 Å². The summed E-state index contributed by atoms with van der Waals surface area (Å²) in [5.74, 6) is -0.0944. The van der Waals surface area contributed by atoms with Crippen LogP contribution in [0.2, 0.25) is 0 Å². The molecule has 2 amide bonds. The van der Waals surface area contributed by atoms with Crippen LogP contribution in [0.1, 0.15) is 36.5 Å². The molecule has 1 aromatic rings. The molecule has 2 aliphatic heterocycles. The molecule has 0 aromatic heterocycles. The molecule has 6 nitrogen and oxygen atoms in total. The number of rotatable bonds is 3. The average Bonchev–Trinajstić information content (AvgIpc) is 2.62. The fourth-order valence-electron chi connectivity index (χ4n) is 3.26. The molecule has 6 heteroatoms. The Labute approximate surface area is 142 Å². The summed E-state index contributed by atoms with van der Waals surface area (Å²) in [5.41, 5.74) is 1.26. The van der Waals surface area contributed by atoms with Crippen molar-refractivity contribution in [1.29, 1.82) is 0 Å². The zero-order valence-electron chi connectivity index (χ0n) is 14.1. The van der Waals surface area contributed by atoms with Gasteiger partial charge in [-0.3, -0.25) is 9.59 Å². The summed E-state index contributed by atoms with van der Waals surface area (Å²) in [6.07, 6.45) is 3.15. The first-order chi connectivity index (χ1) is 11.6. The lowest BCUT2D eigenvalue weighted by atomic mass is 10.1. The molecule has 2 N–H and O–H groups in total. The molecule has 130 valence electrons. The van der Waals surface area contributed by atoms with Gasteiger partial charge in [-0.2, -0.15) is 0 Å². The topological polar surface area (TPSA) is 70.7 Å². The fourth-order valence-corrected chi connectivity index (χ4v) is 3.26. The van der Waals surface area contributed by atoms with Crippen molar-refractivity contribution in [3.8, 4) is 0 Å². The van der Waals surface area contributed by atoms with E-state index in [4.69, 9.17) is 4.74 Å². The fraction of sp³-hybridized carbons (Fsp3) is 0.556. The second-order valence-corrected chi connectivity index (χ2v) is 6.43. The predicted molar refractivity (Wildman–Crippen MR) is 92.0 cm³/mol. The van der Waals surface area contributed by atoms with E-state index in [1.54, 1.807) is 24.3 Å². The summed E-state index contributed by atoms with van der Waals surface area (Å²) in [4.78, 5) is 26.9. The lowest BCUT2D eigenvalue weighted by Crippen LogP contribution is -2.53. The molecule has 1 aromatic carbocycles. The Balaban J connectivity index is 1.66. The molecule has 24 heavy (non-hydrogen) atoms. The molecule has 3 rings (SSSR count). The molecule has 2 atom stereocenters. The Kier molecular flexibility index (Phi) is 5.48. The summed E-state index contributed by atoms with van der Waals surface area (Å²) in [7, 11) is 0. The van der Waals surface area contributed by atoms with Crippen molar-refractivity contribution < 1.29 is 14.3 Å². The number of amides is 2. The van der Waals surface area contributed by atoms with E-state index in [1.807, 2.05) is 11.8 Å². The van der Waals surface area contributed by atoms with Gasteiger partial charge in [0, 0.05) is 30.9 Å². The van der Waals surface area contributed by atoms with Gasteiger partial charge in [0.15, 0.2) is 0 Å². The number of nitrogens with zero attached hydrogens (tertiary/aromatic N) is 1. The number of anilines is 1. The van der Waals surface area contributed by atoms with Gasteiger partial charge in [0.2, 0.25) is 5.91 Å². The quantitative estimate of drug-likeness (QED) is 0.883. The Morgan fingerprint density at radius 1 is 1.25 bits per heavy atom. The summed E-state index contributed by atoms with van der Waals surface area (Å²) in [5, 5.41) is 6.05. The van der Waals surface area contributed by atoms with E-state index in [0.717, 1.165) is 25.9 Å². The molecule has 0 radical (unpaired) electrons. The van der Waals surface area contributed by atoms with Crippen LogP contribution in [-0.4, -0.2) is 55.1 Å².